The van der Waals surface area contributed by atoms with Crippen LogP contribution in [0, 0.1) is 11.8 Å². The Balaban J connectivity index is 2.12. The third-order valence-corrected chi connectivity index (χ3v) is 9.11. The number of carboxylic acids is 1. The zero-order valence-corrected chi connectivity index (χ0v) is 17.9. The maximum Gasteiger partial charge on any atom is 0.309 e. The lowest BCUT2D eigenvalue weighted by atomic mass is 9.81. The second-order valence-electron chi connectivity index (χ2n) is 6.11. The third kappa shape index (κ3) is 2.52. The molecule has 146 valence electrons. The van der Waals surface area contributed by atoms with Crippen LogP contribution >= 0.6 is 69.6 Å². The molecular weight excluding hydrogens is 483 g/mol. The molecule has 1 amide bonds. The van der Waals surface area contributed by atoms with Gasteiger partial charge in [0.1, 0.15) is 15.5 Å². The number of ether oxygens (including phenoxy) is 1. The van der Waals surface area contributed by atoms with Crippen LogP contribution in [-0.2, 0) is 9.59 Å². The lowest BCUT2D eigenvalue weighted by Crippen LogP contribution is -2.47. The molecule has 0 spiro atoms. The first-order valence-electron chi connectivity index (χ1n) is 7.44. The molecular formula is C16H11Cl6NO4. The van der Waals surface area contributed by atoms with Crippen molar-refractivity contribution in [2.75, 3.05) is 12.4 Å². The second kappa shape index (κ2) is 6.75. The number of alkyl halides is 4. The summed E-state index contributed by atoms with van der Waals surface area (Å²) in [4.78, 5) is 20.9. The molecule has 0 saturated heterocycles. The lowest BCUT2D eigenvalue weighted by Gasteiger charge is -2.33. The van der Waals surface area contributed by atoms with Gasteiger partial charge in [0.2, 0.25) is 5.91 Å². The summed E-state index contributed by atoms with van der Waals surface area (Å²) in [6.07, 6.45) is 0. The third-order valence-electron chi connectivity index (χ3n) is 4.85. The summed E-state index contributed by atoms with van der Waals surface area (Å²) in [5, 5.41) is 11.8. The van der Waals surface area contributed by atoms with Crippen LogP contribution in [0.4, 0.5) is 5.69 Å². The highest BCUT2D eigenvalue weighted by molar-refractivity contribution is 6.66. The topological polar surface area (TPSA) is 75.6 Å². The van der Waals surface area contributed by atoms with E-state index in [1.165, 1.54) is 7.11 Å². The molecule has 1 aromatic carbocycles. The molecule has 27 heavy (non-hydrogen) atoms. The van der Waals surface area contributed by atoms with Crippen molar-refractivity contribution in [2.24, 2.45) is 11.8 Å². The minimum atomic E-state index is -2.15. The van der Waals surface area contributed by atoms with E-state index in [9.17, 15) is 14.7 Å². The minimum Gasteiger partial charge on any atom is -0.495 e. The van der Waals surface area contributed by atoms with Gasteiger partial charge in [0.25, 0.3) is 0 Å². The fourth-order valence-electron chi connectivity index (χ4n) is 3.59. The molecule has 0 aromatic heterocycles. The van der Waals surface area contributed by atoms with Crippen molar-refractivity contribution in [1.82, 2.24) is 0 Å². The number of methoxy groups -OCH3 is 1. The number of benzene rings is 1. The highest BCUT2D eigenvalue weighted by Crippen LogP contribution is 2.76. The van der Waals surface area contributed by atoms with Gasteiger partial charge >= 0.3 is 5.97 Å². The zero-order chi connectivity index (χ0) is 20.4. The zero-order valence-electron chi connectivity index (χ0n) is 13.4. The summed E-state index contributed by atoms with van der Waals surface area (Å²) in [6, 6.07) is 6.53. The molecule has 2 aliphatic carbocycles. The van der Waals surface area contributed by atoms with Crippen LogP contribution in [0.2, 0.25) is 0 Å². The number of halogens is 6. The number of carbonyl (C=O) groups excluding carboxylic acids is 1. The number of para-hydroxylation sites is 2. The quantitative estimate of drug-likeness (QED) is 0.591. The Morgan fingerprint density at radius 2 is 1.56 bits per heavy atom. The van der Waals surface area contributed by atoms with Crippen molar-refractivity contribution in [3.05, 3.63) is 34.3 Å². The van der Waals surface area contributed by atoms with Crippen molar-refractivity contribution in [1.29, 1.82) is 0 Å². The van der Waals surface area contributed by atoms with Gasteiger partial charge in [-0.2, -0.15) is 0 Å². The average Bonchev–Trinajstić information content (AvgIpc) is 2.82. The van der Waals surface area contributed by atoms with Crippen LogP contribution in [0.3, 0.4) is 0 Å². The van der Waals surface area contributed by atoms with E-state index in [1.807, 2.05) is 0 Å². The molecule has 5 nitrogen and oxygen atoms in total. The highest BCUT2D eigenvalue weighted by Gasteiger charge is 2.85. The van der Waals surface area contributed by atoms with Crippen LogP contribution in [0.5, 0.6) is 5.75 Å². The predicted molar refractivity (Wildman–Crippen MR) is 107 cm³/mol. The van der Waals surface area contributed by atoms with Crippen LogP contribution < -0.4 is 10.1 Å². The van der Waals surface area contributed by atoms with Gasteiger partial charge in [0.15, 0.2) is 4.33 Å². The minimum absolute atomic E-state index is 0.261. The van der Waals surface area contributed by atoms with Crippen molar-refractivity contribution < 1.29 is 19.4 Å². The Labute approximate surface area is 184 Å². The van der Waals surface area contributed by atoms with E-state index in [0.29, 0.717) is 11.4 Å². The maximum absolute atomic E-state index is 13.1. The van der Waals surface area contributed by atoms with Gasteiger partial charge in [-0.1, -0.05) is 58.5 Å². The Hall–Kier alpha value is -0.560. The summed E-state index contributed by atoms with van der Waals surface area (Å²) < 4.78 is 3.02. The molecule has 1 aromatic rings. The van der Waals surface area contributed by atoms with Crippen molar-refractivity contribution in [2.45, 2.75) is 14.1 Å². The number of rotatable bonds is 4. The summed E-state index contributed by atoms with van der Waals surface area (Å²) in [5.41, 5.74) is 0.293. The van der Waals surface area contributed by atoms with Crippen LogP contribution in [-0.4, -0.2) is 38.2 Å². The summed E-state index contributed by atoms with van der Waals surface area (Å²) in [6.45, 7) is 0. The summed E-state index contributed by atoms with van der Waals surface area (Å²) >= 11 is 38.1. The first-order valence-corrected chi connectivity index (χ1v) is 9.71. The molecule has 1 saturated carbocycles. The standard InChI is InChI=1S/C16H11Cl6NO4/c1-27-7-5-3-2-4-6(7)23-12(24)8-9(13(25)26)15(20)11(18)10(17)14(8,19)16(15,21)22/h2-5,8-9H,1H3,(H,23,24)(H,25,26)/t8-,9-,14-,15-/m0/s1. The van der Waals surface area contributed by atoms with E-state index in [2.05, 4.69) is 5.32 Å². The number of nitrogens with one attached hydrogen (secondary N) is 1. The van der Waals surface area contributed by atoms with E-state index < -0.39 is 37.8 Å². The van der Waals surface area contributed by atoms with Gasteiger partial charge < -0.3 is 15.2 Å². The van der Waals surface area contributed by atoms with Gasteiger partial charge in [-0.15, -0.1) is 23.2 Å². The Morgan fingerprint density at radius 1 is 1.04 bits per heavy atom. The molecule has 0 unspecified atom stereocenters. The SMILES string of the molecule is COc1ccccc1NC(=O)[C@@H]1[C@@H](C(=O)O)[C@]2(Cl)C(Cl)=C(Cl)[C@]1(Cl)C2(Cl)Cl. The largest absolute Gasteiger partial charge is 0.495 e. The second-order valence-corrected chi connectivity index (χ2v) is 9.38. The van der Waals surface area contributed by atoms with Crippen LogP contribution in [0.15, 0.2) is 34.3 Å². The summed E-state index contributed by atoms with van der Waals surface area (Å²) in [5.74, 6) is -5.02. The lowest BCUT2D eigenvalue weighted by molar-refractivity contribution is -0.146. The number of aliphatic carboxylic acids is 1. The Morgan fingerprint density at radius 3 is 2.07 bits per heavy atom. The monoisotopic (exact) mass is 491 g/mol. The first kappa shape index (κ1) is 21.2. The normalized spacial score (nSPS) is 33.9. The molecule has 1 fully saturated rings. The van der Waals surface area contributed by atoms with E-state index >= 15 is 0 Å². The van der Waals surface area contributed by atoms with Gasteiger partial charge in [-0.3, -0.25) is 9.59 Å². The number of hydrogen-bond acceptors (Lipinski definition) is 3. The van der Waals surface area contributed by atoms with E-state index in [1.54, 1.807) is 24.3 Å². The molecule has 4 atom stereocenters. The summed E-state index contributed by atoms with van der Waals surface area (Å²) in [7, 11) is 1.42. The number of amides is 1. The van der Waals surface area contributed by atoms with Gasteiger partial charge in [-0.25, -0.2) is 0 Å². The molecule has 3 rings (SSSR count). The van der Waals surface area contributed by atoms with Crippen molar-refractivity contribution >= 4 is 87.2 Å². The molecule has 2 aliphatic rings. The van der Waals surface area contributed by atoms with E-state index in [4.69, 9.17) is 74.3 Å². The van der Waals surface area contributed by atoms with Gasteiger partial charge in [0.05, 0.1) is 34.7 Å². The van der Waals surface area contributed by atoms with Crippen molar-refractivity contribution in [3.8, 4) is 5.75 Å². The molecule has 2 N–H and O–H groups in total. The molecule has 0 radical (unpaired) electrons. The van der Waals surface area contributed by atoms with E-state index in [-0.39, 0.29) is 10.1 Å². The smallest absolute Gasteiger partial charge is 0.309 e. The van der Waals surface area contributed by atoms with Gasteiger partial charge in [-0.05, 0) is 12.1 Å². The molecule has 0 heterocycles. The number of hydrogen-bond donors (Lipinski definition) is 2. The first-order chi connectivity index (χ1) is 12.5. The fraction of sp³-hybridized carbons (Fsp3) is 0.375. The predicted octanol–water partition coefficient (Wildman–Crippen LogP) is 4.80. The number of fused-ring (bicyclic) bond motifs is 2. The van der Waals surface area contributed by atoms with Gasteiger partial charge in [0, 0.05) is 0 Å². The average molecular weight is 494 g/mol. The highest BCUT2D eigenvalue weighted by atomic mass is 35.5. The Kier molecular flexibility index (Phi) is 5.29. The molecule has 2 bridgehead atoms. The van der Waals surface area contributed by atoms with Crippen molar-refractivity contribution in [3.63, 3.8) is 0 Å². The number of carbonyl (C=O) groups is 2. The maximum atomic E-state index is 13.1. The van der Waals surface area contributed by atoms with E-state index in [0.717, 1.165) is 0 Å². The molecule has 0 aliphatic heterocycles. The molecule has 11 heteroatoms. The fourth-order valence-corrected chi connectivity index (χ4v) is 6.52. The number of carboxylic acid groups (broad SMARTS) is 1. The van der Waals surface area contributed by atoms with Crippen LogP contribution in [0.1, 0.15) is 0 Å². The van der Waals surface area contributed by atoms with Crippen LogP contribution in [0.25, 0.3) is 0 Å². The number of anilines is 1. The number of allylic oxidation sites excluding steroid dienone is 2. The Bertz CT molecular complexity index is 874.